The lowest BCUT2D eigenvalue weighted by Gasteiger charge is -2.22. The zero-order chi connectivity index (χ0) is 16.5. The smallest absolute Gasteiger partial charge is 0.325 e. The topological polar surface area (TPSA) is 70.6 Å². The van der Waals surface area contributed by atoms with E-state index >= 15 is 0 Å². The van der Waals surface area contributed by atoms with Gasteiger partial charge in [-0.05, 0) is 75.9 Å². The Hall–Kier alpha value is -1.75. The molecule has 0 bridgehead atoms. The first-order chi connectivity index (χ1) is 11.1. The molecule has 0 aromatic heterocycles. The number of hydrogen-bond acceptors (Lipinski definition) is 4. The summed E-state index contributed by atoms with van der Waals surface area (Å²) < 4.78 is 5.75. The molecule has 1 heterocycles. The molecule has 0 spiro atoms. The zero-order valence-electron chi connectivity index (χ0n) is 13.9. The number of unbranched alkanes of at least 4 members (excludes halogenated alkanes) is 1. The molecule has 2 rings (SSSR count). The van der Waals surface area contributed by atoms with Crippen molar-refractivity contribution in [1.82, 2.24) is 5.32 Å². The molecule has 1 aliphatic heterocycles. The van der Waals surface area contributed by atoms with Crippen LogP contribution in [0.4, 0.5) is 5.69 Å². The number of nitrogens with one attached hydrogen (secondary N) is 2. The largest absolute Gasteiger partial charge is 0.494 e. The van der Waals surface area contributed by atoms with Crippen molar-refractivity contribution in [3.8, 4) is 5.75 Å². The highest BCUT2D eigenvalue weighted by molar-refractivity contribution is 5.76. The van der Waals surface area contributed by atoms with Crippen LogP contribution in [0.5, 0.6) is 5.75 Å². The first kappa shape index (κ1) is 17.6. The van der Waals surface area contributed by atoms with Gasteiger partial charge < -0.3 is 20.5 Å². The molecule has 128 valence electrons. The number of carboxylic acid groups (broad SMARTS) is 1. The lowest BCUT2D eigenvalue weighted by atomic mass is 9.93. The van der Waals surface area contributed by atoms with Gasteiger partial charge in [0.1, 0.15) is 11.8 Å². The van der Waals surface area contributed by atoms with E-state index in [4.69, 9.17) is 9.84 Å². The van der Waals surface area contributed by atoms with Crippen LogP contribution in [0.3, 0.4) is 0 Å². The Kier molecular flexibility index (Phi) is 7.20. The molecular weight excluding hydrogens is 292 g/mol. The number of ether oxygens (including phenoxy) is 1. The van der Waals surface area contributed by atoms with Crippen molar-refractivity contribution in [3.05, 3.63) is 24.3 Å². The van der Waals surface area contributed by atoms with Gasteiger partial charge in [0.25, 0.3) is 0 Å². The summed E-state index contributed by atoms with van der Waals surface area (Å²) in [5, 5.41) is 15.2. The number of carboxylic acids is 1. The lowest BCUT2D eigenvalue weighted by Crippen LogP contribution is -2.27. The van der Waals surface area contributed by atoms with E-state index in [2.05, 4.69) is 10.6 Å². The highest BCUT2D eigenvalue weighted by atomic mass is 16.5. The summed E-state index contributed by atoms with van der Waals surface area (Å²) in [5.41, 5.74) is 0.790. The Morgan fingerprint density at radius 1 is 1.30 bits per heavy atom. The molecular formula is C18H28N2O3. The summed E-state index contributed by atoms with van der Waals surface area (Å²) in [7, 11) is 0. The van der Waals surface area contributed by atoms with Crippen LogP contribution in [0.15, 0.2) is 24.3 Å². The van der Waals surface area contributed by atoms with Crippen molar-refractivity contribution in [2.45, 2.75) is 45.1 Å². The number of piperidine rings is 1. The normalized spacial score (nSPS) is 16.7. The third-order valence-electron chi connectivity index (χ3n) is 4.34. The Bertz CT molecular complexity index is 470. The van der Waals surface area contributed by atoms with Crippen molar-refractivity contribution < 1.29 is 14.6 Å². The van der Waals surface area contributed by atoms with Gasteiger partial charge >= 0.3 is 5.97 Å². The molecule has 1 aromatic carbocycles. The van der Waals surface area contributed by atoms with Gasteiger partial charge in [0, 0.05) is 5.69 Å². The average Bonchev–Trinajstić information content (AvgIpc) is 2.57. The molecule has 23 heavy (non-hydrogen) atoms. The summed E-state index contributed by atoms with van der Waals surface area (Å²) in [6.45, 7) is 4.70. The summed E-state index contributed by atoms with van der Waals surface area (Å²) in [4.78, 5) is 10.8. The third kappa shape index (κ3) is 6.48. The molecule has 3 N–H and O–H groups in total. The Balaban J connectivity index is 1.61. The second-order valence-electron chi connectivity index (χ2n) is 6.27. The fraction of sp³-hybridized carbons (Fsp3) is 0.611. The fourth-order valence-electron chi connectivity index (χ4n) is 2.85. The second kappa shape index (κ2) is 9.40. The molecule has 1 aliphatic rings. The van der Waals surface area contributed by atoms with Crippen LogP contribution in [-0.4, -0.2) is 36.8 Å². The molecule has 0 saturated carbocycles. The summed E-state index contributed by atoms with van der Waals surface area (Å²) in [6, 6.07) is 6.86. The number of aliphatic carboxylic acids is 1. The number of anilines is 1. The summed E-state index contributed by atoms with van der Waals surface area (Å²) in [6.07, 6.45) is 6.23. The minimum atomic E-state index is -0.862. The minimum Gasteiger partial charge on any atom is -0.494 e. The molecule has 1 aromatic rings. The Morgan fingerprint density at radius 3 is 2.65 bits per heavy atom. The van der Waals surface area contributed by atoms with Crippen molar-refractivity contribution in [3.63, 3.8) is 0 Å². The fourth-order valence-corrected chi connectivity index (χ4v) is 2.85. The van der Waals surface area contributed by atoms with E-state index in [0.29, 0.717) is 0 Å². The van der Waals surface area contributed by atoms with Gasteiger partial charge in [-0.2, -0.15) is 0 Å². The van der Waals surface area contributed by atoms with Crippen LogP contribution in [0.1, 0.15) is 39.0 Å². The molecule has 1 saturated heterocycles. The van der Waals surface area contributed by atoms with Crippen LogP contribution in [0.2, 0.25) is 0 Å². The molecule has 0 radical (unpaired) electrons. The maximum atomic E-state index is 10.8. The van der Waals surface area contributed by atoms with Crippen molar-refractivity contribution >= 4 is 11.7 Å². The maximum Gasteiger partial charge on any atom is 0.325 e. The average molecular weight is 320 g/mol. The number of benzene rings is 1. The highest BCUT2D eigenvalue weighted by Gasteiger charge is 2.12. The van der Waals surface area contributed by atoms with Gasteiger partial charge in [0.2, 0.25) is 0 Å². The van der Waals surface area contributed by atoms with Gasteiger partial charge in [-0.25, -0.2) is 0 Å². The van der Waals surface area contributed by atoms with Crippen molar-refractivity contribution in [2.75, 3.05) is 25.0 Å². The van der Waals surface area contributed by atoms with E-state index in [-0.39, 0.29) is 0 Å². The predicted molar refractivity (Wildman–Crippen MR) is 92.1 cm³/mol. The van der Waals surface area contributed by atoms with E-state index in [1.165, 1.54) is 38.8 Å². The number of hydrogen-bond donors (Lipinski definition) is 3. The van der Waals surface area contributed by atoms with Gasteiger partial charge in [0.15, 0.2) is 0 Å². The first-order valence-corrected chi connectivity index (χ1v) is 8.58. The van der Waals surface area contributed by atoms with E-state index in [1.54, 1.807) is 6.92 Å². The van der Waals surface area contributed by atoms with Gasteiger partial charge in [-0.15, -0.1) is 0 Å². The first-order valence-electron chi connectivity index (χ1n) is 8.58. The Morgan fingerprint density at radius 2 is 2.00 bits per heavy atom. The van der Waals surface area contributed by atoms with Crippen molar-refractivity contribution in [2.24, 2.45) is 5.92 Å². The van der Waals surface area contributed by atoms with Crippen LogP contribution in [-0.2, 0) is 4.79 Å². The van der Waals surface area contributed by atoms with Crippen LogP contribution in [0.25, 0.3) is 0 Å². The van der Waals surface area contributed by atoms with Gasteiger partial charge in [0.05, 0.1) is 6.61 Å². The lowest BCUT2D eigenvalue weighted by molar-refractivity contribution is -0.137. The predicted octanol–water partition coefficient (Wildman–Crippen LogP) is 3.12. The summed E-state index contributed by atoms with van der Waals surface area (Å²) in [5.74, 6) is 0.859. The number of rotatable bonds is 9. The molecule has 5 heteroatoms. The molecule has 1 atom stereocenters. The maximum absolute atomic E-state index is 10.8. The van der Waals surface area contributed by atoms with E-state index < -0.39 is 12.0 Å². The monoisotopic (exact) mass is 320 g/mol. The van der Waals surface area contributed by atoms with Gasteiger partial charge in [-0.3, -0.25) is 4.79 Å². The molecule has 0 amide bonds. The highest BCUT2D eigenvalue weighted by Crippen LogP contribution is 2.20. The zero-order valence-corrected chi connectivity index (χ0v) is 13.9. The Labute approximate surface area is 138 Å². The number of carbonyl (C=O) groups is 1. The van der Waals surface area contributed by atoms with E-state index in [1.807, 2.05) is 24.3 Å². The molecule has 1 fully saturated rings. The van der Waals surface area contributed by atoms with E-state index in [9.17, 15) is 4.79 Å². The van der Waals surface area contributed by atoms with E-state index in [0.717, 1.165) is 30.4 Å². The molecule has 5 nitrogen and oxygen atoms in total. The third-order valence-corrected chi connectivity index (χ3v) is 4.34. The quantitative estimate of drug-likeness (QED) is 0.610. The van der Waals surface area contributed by atoms with Crippen molar-refractivity contribution in [1.29, 1.82) is 0 Å². The minimum absolute atomic E-state index is 0.600. The van der Waals surface area contributed by atoms with Gasteiger partial charge in [-0.1, -0.05) is 6.42 Å². The SMILES string of the molecule is C[C@H](Nc1ccc(OCCCCC2CCNCC2)cc1)C(=O)O. The standard InChI is InChI=1S/C18H28N2O3/c1-14(18(21)22)20-16-5-7-17(8-6-16)23-13-3-2-4-15-9-11-19-12-10-15/h5-8,14-15,19-20H,2-4,9-13H2,1H3,(H,21,22)/t14-/m0/s1. The molecule has 0 aliphatic carbocycles. The summed E-state index contributed by atoms with van der Waals surface area (Å²) >= 11 is 0. The second-order valence-corrected chi connectivity index (χ2v) is 6.27. The van der Waals surface area contributed by atoms with Crippen LogP contribution >= 0.6 is 0 Å². The van der Waals surface area contributed by atoms with Crippen LogP contribution < -0.4 is 15.4 Å². The molecule has 0 unspecified atom stereocenters. The van der Waals surface area contributed by atoms with Crippen LogP contribution in [0, 0.1) is 5.92 Å².